The lowest BCUT2D eigenvalue weighted by Crippen LogP contribution is -2.37. The number of thioether (sulfide) groups is 1. The molecule has 1 aromatic rings. The number of rotatable bonds is 3. The normalized spacial score (nSPS) is 25.9. The molecule has 1 fully saturated rings. The van der Waals surface area contributed by atoms with Crippen LogP contribution in [0.3, 0.4) is 0 Å². The fourth-order valence-electron chi connectivity index (χ4n) is 3.39. The Morgan fingerprint density at radius 3 is 2.78 bits per heavy atom. The van der Waals surface area contributed by atoms with E-state index in [2.05, 4.69) is 36.5 Å². The van der Waals surface area contributed by atoms with E-state index in [1.807, 2.05) is 11.8 Å². The maximum Gasteiger partial charge on any atom is 0.0428 e. The van der Waals surface area contributed by atoms with Crippen LogP contribution in [0, 0.1) is 5.92 Å². The van der Waals surface area contributed by atoms with Gasteiger partial charge in [0.1, 0.15) is 0 Å². The topological polar surface area (TPSA) is 12.0 Å². The molecule has 1 aromatic carbocycles. The van der Waals surface area contributed by atoms with Crippen molar-refractivity contribution in [2.45, 2.75) is 56.0 Å². The van der Waals surface area contributed by atoms with Crippen molar-refractivity contribution < 1.29 is 0 Å². The SMILES string of the molecule is C[C@H](NC1CSc2ccccc21)C1CCCCC1. The van der Waals surface area contributed by atoms with Crippen molar-refractivity contribution in [3.8, 4) is 0 Å². The largest absolute Gasteiger partial charge is 0.306 e. The molecule has 98 valence electrons. The van der Waals surface area contributed by atoms with E-state index in [1.165, 1.54) is 48.3 Å². The summed E-state index contributed by atoms with van der Waals surface area (Å²) in [5.41, 5.74) is 1.52. The molecule has 0 aromatic heterocycles. The van der Waals surface area contributed by atoms with Gasteiger partial charge in [-0.2, -0.15) is 0 Å². The van der Waals surface area contributed by atoms with Crippen LogP contribution < -0.4 is 5.32 Å². The Bertz CT molecular complexity index is 398. The smallest absolute Gasteiger partial charge is 0.0428 e. The third-order valence-corrected chi connectivity index (χ3v) is 5.70. The monoisotopic (exact) mass is 261 g/mol. The summed E-state index contributed by atoms with van der Waals surface area (Å²) < 4.78 is 0. The summed E-state index contributed by atoms with van der Waals surface area (Å²) in [6.45, 7) is 2.39. The second-order valence-electron chi connectivity index (χ2n) is 5.75. The first kappa shape index (κ1) is 12.6. The van der Waals surface area contributed by atoms with Gasteiger partial charge in [0.15, 0.2) is 0 Å². The molecule has 1 unspecified atom stereocenters. The van der Waals surface area contributed by atoms with E-state index in [1.54, 1.807) is 0 Å². The maximum absolute atomic E-state index is 3.88. The van der Waals surface area contributed by atoms with E-state index in [-0.39, 0.29) is 0 Å². The molecule has 18 heavy (non-hydrogen) atoms. The zero-order valence-electron chi connectivity index (χ0n) is 11.2. The van der Waals surface area contributed by atoms with E-state index in [9.17, 15) is 0 Å². The molecule has 1 saturated carbocycles. The summed E-state index contributed by atoms with van der Waals surface area (Å²) >= 11 is 2.00. The number of nitrogens with one attached hydrogen (secondary N) is 1. The third-order valence-electron chi connectivity index (χ3n) is 4.52. The number of hydrogen-bond donors (Lipinski definition) is 1. The van der Waals surface area contributed by atoms with E-state index in [4.69, 9.17) is 0 Å². The summed E-state index contributed by atoms with van der Waals surface area (Å²) in [5, 5.41) is 3.88. The van der Waals surface area contributed by atoms with Crippen LogP contribution in [0.15, 0.2) is 29.2 Å². The Balaban J connectivity index is 1.63. The van der Waals surface area contributed by atoms with E-state index in [0.29, 0.717) is 12.1 Å². The van der Waals surface area contributed by atoms with Crippen molar-refractivity contribution in [2.24, 2.45) is 5.92 Å². The molecule has 3 rings (SSSR count). The van der Waals surface area contributed by atoms with Crippen molar-refractivity contribution in [1.29, 1.82) is 0 Å². The maximum atomic E-state index is 3.88. The van der Waals surface area contributed by atoms with Crippen LogP contribution >= 0.6 is 11.8 Å². The first-order valence-electron chi connectivity index (χ1n) is 7.32. The zero-order valence-corrected chi connectivity index (χ0v) is 12.0. The summed E-state index contributed by atoms with van der Waals surface area (Å²) in [5.74, 6) is 2.10. The van der Waals surface area contributed by atoms with Gasteiger partial charge in [0, 0.05) is 22.7 Å². The van der Waals surface area contributed by atoms with Gasteiger partial charge in [-0.1, -0.05) is 37.5 Å². The Labute approximate surface area is 115 Å². The summed E-state index contributed by atoms with van der Waals surface area (Å²) in [4.78, 5) is 1.48. The Morgan fingerprint density at radius 2 is 1.94 bits per heavy atom. The minimum absolute atomic E-state index is 0.572. The molecule has 1 heterocycles. The lowest BCUT2D eigenvalue weighted by atomic mass is 9.84. The molecule has 0 amide bonds. The molecule has 0 saturated heterocycles. The molecular formula is C16H23NS. The molecule has 1 aliphatic heterocycles. The fraction of sp³-hybridized carbons (Fsp3) is 0.625. The van der Waals surface area contributed by atoms with Crippen LogP contribution in [-0.2, 0) is 0 Å². The molecule has 1 nitrogen and oxygen atoms in total. The first-order chi connectivity index (χ1) is 8.84. The standard InChI is InChI=1S/C16H23NS/c1-12(13-7-3-2-4-8-13)17-15-11-18-16-10-6-5-9-14(15)16/h5-6,9-10,12-13,15,17H,2-4,7-8,11H2,1H3/t12-,15?/m0/s1. The van der Waals surface area contributed by atoms with Gasteiger partial charge in [-0.05, 0) is 37.3 Å². The van der Waals surface area contributed by atoms with Crippen molar-refractivity contribution in [3.63, 3.8) is 0 Å². The summed E-state index contributed by atoms with van der Waals surface area (Å²) in [7, 11) is 0. The highest BCUT2D eigenvalue weighted by atomic mass is 32.2. The predicted octanol–water partition coefficient (Wildman–Crippen LogP) is 4.39. The fourth-order valence-corrected chi connectivity index (χ4v) is 4.56. The summed E-state index contributed by atoms with van der Waals surface area (Å²) in [6, 6.07) is 10.1. The predicted molar refractivity (Wildman–Crippen MR) is 79.1 cm³/mol. The molecule has 2 heteroatoms. The Morgan fingerprint density at radius 1 is 1.17 bits per heavy atom. The van der Waals surface area contributed by atoms with Crippen LogP contribution in [0.1, 0.15) is 50.6 Å². The second kappa shape index (κ2) is 5.66. The Kier molecular flexibility index (Phi) is 3.95. The van der Waals surface area contributed by atoms with Gasteiger partial charge in [-0.15, -0.1) is 11.8 Å². The van der Waals surface area contributed by atoms with Gasteiger partial charge in [0.05, 0.1) is 0 Å². The number of hydrogen-bond acceptors (Lipinski definition) is 2. The van der Waals surface area contributed by atoms with Gasteiger partial charge in [-0.25, -0.2) is 0 Å². The van der Waals surface area contributed by atoms with Gasteiger partial charge >= 0.3 is 0 Å². The van der Waals surface area contributed by atoms with E-state index < -0.39 is 0 Å². The quantitative estimate of drug-likeness (QED) is 0.866. The van der Waals surface area contributed by atoms with Crippen LogP contribution in [0.4, 0.5) is 0 Å². The third kappa shape index (κ3) is 2.60. The van der Waals surface area contributed by atoms with Crippen LogP contribution in [0.5, 0.6) is 0 Å². The average Bonchev–Trinajstić information content (AvgIpc) is 2.83. The van der Waals surface area contributed by atoms with Crippen molar-refractivity contribution in [2.75, 3.05) is 5.75 Å². The highest BCUT2D eigenvalue weighted by Gasteiger charge is 2.27. The van der Waals surface area contributed by atoms with Gasteiger partial charge in [-0.3, -0.25) is 0 Å². The molecule has 1 aliphatic carbocycles. The highest BCUT2D eigenvalue weighted by molar-refractivity contribution is 7.99. The molecule has 1 N–H and O–H groups in total. The molecular weight excluding hydrogens is 238 g/mol. The van der Waals surface area contributed by atoms with E-state index >= 15 is 0 Å². The minimum Gasteiger partial charge on any atom is -0.306 e. The molecule has 2 aliphatic rings. The van der Waals surface area contributed by atoms with Gasteiger partial charge in [0.25, 0.3) is 0 Å². The molecule has 0 bridgehead atoms. The highest BCUT2D eigenvalue weighted by Crippen LogP contribution is 2.38. The van der Waals surface area contributed by atoms with Gasteiger partial charge in [0.2, 0.25) is 0 Å². The van der Waals surface area contributed by atoms with Crippen LogP contribution in [-0.4, -0.2) is 11.8 Å². The van der Waals surface area contributed by atoms with Crippen LogP contribution in [0.25, 0.3) is 0 Å². The number of fused-ring (bicyclic) bond motifs is 1. The van der Waals surface area contributed by atoms with Crippen molar-refractivity contribution in [3.05, 3.63) is 29.8 Å². The Hall–Kier alpha value is -0.470. The number of benzene rings is 1. The summed E-state index contributed by atoms with van der Waals surface area (Å²) in [6.07, 6.45) is 7.18. The van der Waals surface area contributed by atoms with Crippen molar-refractivity contribution in [1.82, 2.24) is 5.32 Å². The second-order valence-corrected chi connectivity index (χ2v) is 6.82. The molecule has 0 spiro atoms. The lowest BCUT2D eigenvalue weighted by Gasteiger charge is -2.30. The van der Waals surface area contributed by atoms with Crippen LogP contribution in [0.2, 0.25) is 0 Å². The first-order valence-corrected chi connectivity index (χ1v) is 8.31. The molecule has 0 radical (unpaired) electrons. The van der Waals surface area contributed by atoms with Crippen molar-refractivity contribution >= 4 is 11.8 Å². The van der Waals surface area contributed by atoms with Gasteiger partial charge < -0.3 is 5.32 Å². The average molecular weight is 261 g/mol. The van der Waals surface area contributed by atoms with E-state index in [0.717, 1.165) is 5.92 Å². The lowest BCUT2D eigenvalue weighted by molar-refractivity contribution is 0.269. The zero-order chi connectivity index (χ0) is 12.4. The molecule has 2 atom stereocenters. The minimum atomic E-state index is 0.572.